The van der Waals surface area contributed by atoms with Crippen molar-refractivity contribution in [2.24, 2.45) is 0 Å². The first-order chi connectivity index (χ1) is 27.0. The summed E-state index contributed by atoms with van der Waals surface area (Å²) in [6, 6.07) is 69.6. The van der Waals surface area contributed by atoms with E-state index < -0.39 is 0 Å². The molecule has 0 bridgehead atoms. The molecule has 2 heteroatoms. The van der Waals surface area contributed by atoms with Gasteiger partial charge in [0.15, 0.2) is 5.82 Å². The first-order valence-electron chi connectivity index (χ1n) is 19.0. The van der Waals surface area contributed by atoms with Crippen molar-refractivity contribution in [3.8, 4) is 78.4 Å². The van der Waals surface area contributed by atoms with E-state index in [1.807, 2.05) is 24.3 Å². The lowest BCUT2D eigenvalue weighted by Crippen LogP contribution is -2.14. The van der Waals surface area contributed by atoms with Crippen LogP contribution in [-0.2, 0) is 5.41 Å². The number of fused-ring (bicyclic) bond motifs is 4. The van der Waals surface area contributed by atoms with Crippen LogP contribution >= 0.6 is 0 Å². The van der Waals surface area contributed by atoms with E-state index in [0.29, 0.717) is 5.82 Å². The molecule has 1 aliphatic rings. The van der Waals surface area contributed by atoms with Gasteiger partial charge in [0, 0.05) is 22.1 Å². The Bertz CT molecular complexity index is 2850. The van der Waals surface area contributed by atoms with Gasteiger partial charge in [0.2, 0.25) is 0 Å². The highest BCUT2D eigenvalue weighted by Crippen LogP contribution is 2.53. The lowest BCUT2D eigenvalue weighted by atomic mass is 9.81. The van der Waals surface area contributed by atoms with Gasteiger partial charge in [0.25, 0.3) is 0 Å². The van der Waals surface area contributed by atoms with E-state index in [2.05, 4.69) is 184 Å². The standard InChI is InChI=1S/C53H38N2/c1-53(2)47-22-12-21-45(51(47)46-32-42-17-9-10-18-43(42)33-48(46)53)44-20-11-19-41(31-44)37-25-29-39(30-26-37)50-34-49(54-52(55-50)40-15-7-4-8-16-40)38-27-23-36(24-28-38)35-13-5-3-6-14-35/h3-34H,1-2H3. The molecule has 2 nitrogen and oxygen atoms in total. The van der Waals surface area contributed by atoms with Gasteiger partial charge < -0.3 is 0 Å². The Hall–Kier alpha value is -6.90. The Balaban J connectivity index is 1.01. The molecular formula is C53H38N2. The Morgan fingerprint density at radius 2 is 0.818 bits per heavy atom. The SMILES string of the molecule is CC1(C)c2cc3ccccc3cc2-c2c(-c3cccc(-c4ccc(-c5cc(-c6ccc(-c7ccccc7)cc6)nc(-c6ccccc6)n5)cc4)c3)cccc21. The molecule has 0 amide bonds. The third-order valence-electron chi connectivity index (χ3n) is 11.3. The van der Waals surface area contributed by atoms with Crippen molar-refractivity contribution in [3.05, 3.63) is 205 Å². The molecule has 1 aliphatic carbocycles. The van der Waals surface area contributed by atoms with Crippen LogP contribution in [-0.4, -0.2) is 9.97 Å². The molecule has 9 aromatic rings. The van der Waals surface area contributed by atoms with Crippen LogP contribution in [0.4, 0.5) is 0 Å². The average Bonchev–Trinajstić information content (AvgIpc) is 3.48. The Morgan fingerprint density at radius 3 is 1.47 bits per heavy atom. The third-order valence-corrected chi connectivity index (χ3v) is 11.3. The zero-order valence-corrected chi connectivity index (χ0v) is 30.9. The molecule has 0 saturated carbocycles. The van der Waals surface area contributed by atoms with E-state index >= 15 is 0 Å². The second-order valence-electron chi connectivity index (χ2n) is 15.0. The second kappa shape index (κ2) is 13.2. The molecule has 0 spiro atoms. The maximum atomic E-state index is 5.09. The molecule has 0 N–H and O–H groups in total. The summed E-state index contributed by atoms with van der Waals surface area (Å²) in [6.07, 6.45) is 0. The van der Waals surface area contributed by atoms with E-state index in [1.165, 1.54) is 66.4 Å². The number of aromatic nitrogens is 2. The molecule has 0 atom stereocenters. The fraction of sp³-hybridized carbons (Fsp3) is 0.0566. The molecule has 55 heavy (non-hydrogen) atoms. The molecule has 0 aliphatic heterocycles. The summed E-state index contributed by atoms with van der Waals surface area (Å²) < 4.78 is 0. The number of nitrogens with zero attached hydrogens (tertiary/aromatic N) is 2. The Morgan fingerprint density at radius 1 is 0.327 bits per heavy atom. The number of hydrogen-bond acceptors (Lipinski definition) is 2. The van der Waals surface area contributed by atoms with Crippen LogP contribution in [0, 0.1) is 0 Å². The summed E-state index contributed by atoms with van der Waals surface area (Å²) in [5.74, 6) is 0.713. The normalized spacial score (nSPS) is 12.7. The smallest absolute Gasteiger partial charge is 0.160 e. The van der Waals surface area contributed by atoms with Crippen LogP contribution < -0.4 is 0 Å². The van der Waals surface area contributed by atoms with Crippen molar-refractivity contribution in [1.82, 2.24) is 9.97 Å². The highest BCUT2D eigenvalue weighted by molar-refractivity contribution is 5.99. The lowest BCUT2D eigenvalue weighted by molar-refractivity contribution is 0.661. The van der Waals surface area contributed by atoms with Crippen molar-refractivity contribution in [2.45, 2.75) is 19.3 Å². The lowest BCUT2D eigenvalue weighted by Gasteiger charge is -2.22. The Labute approximate surface area is 322 Å². The molecule has 0 fully saturated rings. The van der Waals surface area contributed by atoms with Gasteiger partial charge in [-0.1, -0.05) is 184 Å². The van der Waals surface area contributed by atoms with Crippen LogP contribution in [0.25, 0.3) is 89.2 Å². The first-order valence-corrected chi connectivity index (χ1v) is 19.0. The maximum Gasteiger partial charge on any atom is 0.160 e. The number of benzene rings is 8. The zero-order valence-electron chi connectivity index (χ0n) is 30.9. The molecule has 10 rings (SSSR count). The number of hydrogen-bond donors (Lipinski definition) is 0. The molecule has 8 aromatic carbocycles. The first kappa shape index (κ1) is 32.7. The van der Waals surface area contributed by atoms with Gasteiger partial charge >= 0.3 is 0 Å². The molecule has 1 aromatic heterocycles. The number of rotatable bonds is 6. The molecule has 0 saturated heterocycles. The fourth-order valence-electron chi connectivity index (χ4n) is 8.34. The summed E-state index contributed by atoms with van der Waals surface area (Å²) in [5.41, 5.74) is 17.5. The van der Waals surface area contributed by atoms with Crippen LogP contribution in [0.2, 0.25) is 0 Å². The van der Waals surface area contributed by atoms with E-state index in [-0.39, 0.29) is 5.41 Å². The van der Waals surface area contributed by atoms with Crippen LogP contribution in [0.3, 0.4) is 0 Å². The minimum atomic E-state index is -0.0784. The molecule has 260 valence electrons. The van der Waals surface area contributed by atoms with Gasteiger partial charge in [-0.05, 0) is 90.7 Å². The van der Waals surface area contributed by atoms with Crippen LogP contribution in [0.1, 0.15) is 25.0 Å². The van der Waals surface area contributed by atoms with Crippen LogP contribution in [0.5, 0.6) is 0 Å². The van der Waals surface area contributed by atoms with Gasteiger partial charge in [0.1, 0.15) is 0 Å². The van der Waals surface area contributed by atoms with Crippen molar-refractivity contribution in [2.75, 3.05) is 0 Å². The Kier molecular flexibility index (Phi) is 7.85. The largest absolute Gasteiger partial charge is 0.228 e. The van der Waals surface area contributed by atoms with Crippen LogP contribution in [0.15, 0.2) is 194 Å². The minimum Gasteiger partial charge on any atom is -0.228 e. The van der Waals surface area contributed by atoms with E-state index in [9.17, 15) is 0 Å². The van der Waals surface area contributed by atoms with E-state index in [1.54, 1.807) is 0 Å². The third kappa shape index (κ3) is 5.84. The summed E-state index contributed by atoms with van der Waals surface area (Å²) in [4.78, 5) is 10.1. The van der Waals surface area contributed by atoms with Gasteiger partial charge in [-0.25, -0.2) is 9.97 Å². The minimum absolute atomic E-state index is 0.0784. The van der Waals surface area contributed by atoms with E-state index in [0.717, 1.165) is 28.1 Å². The fourth-order valence-corrected chi connectivity index (χ4v) is 8.34. The summed E-state index contributed by atoms with van der Waals surface area (Å²) in [6.45, 7) is 4.72. The molecule has 0 unspecified atom stereocenters. The predicted molar refractivity (Wildman–Crippen MR) is 230 cm³/mol. The molecule has 1 heterocycles. The zero-order chi connectivity index (χ0) is 36.9. The summed E-state index contributed by atoms with van der Waals surface area (Å²) >= 11 is 0. The van der Waals surface area contributed by atoms with Crippen molar-refractivity contribution in [3.63, 3.8) is 0 Å². The van der Waals surface area contributed by atoms with Gasteiger partial charge in [-0.2, -0.15) is 0 Å². The summed E-state index contributed by atoms with van der Waals surface area (Å²) in [7, 11) is 0. The molecular weight excluding hydrogens is 665 g/mol. The van der Waals surface area contributed by atoms with Gasteiger partial charge in [-0.3, -0.25) is 0 Å². The monoisotopic (exact) mass is 702 g/mol. The summed E-state index contributed by atoms with van der Waals surface area (Å²) in [5, 5.41) is 2.57. The average molecular weight is 703 g/mol. The van der Waals surface area contributed by atoms with Crippen molar-refractivity contribution < 1.29 is 0 Å². The van der Waals surface area contributed by atoms with Crippen molar-refractivity contribution >= 4 is 10.8 Å². The topological polar surface area (TPSA) is 25.8 Å². The van der Waals surface area contributed by atoms with Crippen molar-refractivity contribution in [1.29, 1.82) is 0 Å². The van der Waals surface area contributed by atoms with E-state index in [4.69, 9.17) is 9.97 Å². The molecule has 0 radical (unpaired) electrons. The van der Waals surface area contributed by atoms with Gasteiger partial charge in [0.05, 0.1) is 11.4 Å². The maximum absolute atomic E-state index is 5.09. The van der Waals surface area contributed by atoms with Gasteiger partial charge in [-0.15, -0.1) is 0 Å². The predicted octanol–water partition coefficient (Wildman–Crippen LogP) is 13.9. The quantitative estimate of drug-likeness (QED) is 0.172. The highest BCUT2D eigenvalue weighted by Gasteiger charge is 2.37. The second-order valence-corrected chi connectivity index (χ2v) is 15.0. The highest BCUT2D eigenvalue weighted by atomic mass is 14.9.